The molecule has 1 aliphatic heterocycles. The van der Waals surface area contributed by atoms with Crippen molar-refractivity contribution >= 4 is 11.0 Å². The number of aromatic nitrogens is 1. The Balaban J connectivity index is 1.80. The quantitative estimate of drug-likeness (QED) is 0.917. The second-order valence-electron chi connectivity index (χ2n) is 5.54. The van der Waals surface area contributed by atoms with Gasteiger partial charge in [-0.3, -0.25) is 0 Å². The van der Waals surface area contributed by atoms with E-state index in [1.54, 1.807) is 14.2 Å². The van der Waals surface area contributed by atoms with Crippen LogP contribution in [0.5, 0.6) is 11.5 Å². The van der Waals surface area contributed by atoms with Crippen LogP contribution < -0.4 is 14.8 Å². The molecule has 1 saturated heterocycles. The zero-order chi connectivity index (χ0) is 14.7. The zero-order valence-corrected chi connectivity index (χ0v) is 12.6. The maximum absolute atomic E-state index is 5.49. The lowest BCUT2D eigenvalue weighted by atomic mass is 9.92. The summed E-state index contributed by atoms with van der Waals surface area (Å²) in [6.45, 7) is 2.27. The molecule has 114 valence electrons. The molecule has 0 bridgehead atoms. The molecule has 1 aromatic heterocycles. The smallest absolute Gasteiger partial charge is 0.212 e. The molecule has 2 heterocycles. The topological polar surface area (TPSA) is 56.5 Å². The molecule has 3 rings (SSSR count). The minimum absolute atomic E-state index is 0.621. The van der Waals surface area contributed by atoms with E-state index in [1.165, 1.54) is 12.8 Å². The first-order chi connectivity index (χ1) is 10.3. The largest absolute Gasteiger partial charge is 0.493 e. The van der Waals surface area contributed by atoms with Crippen molar-refractivity contribution in [2.75, 3.05) is 27.3 Å². The van der Waals surface area contributed by atoms with Crippen molar-refractivity contribution in [1.29, 1.82) is 0 Å². The summed E-state index contributed by atoms with van der Waals surface area (Å²) in [4.78, 5) is 0. The fourth-order valence-corrected chi connectivity index (χ4v) is 3.06. The van der Waals surface area contributed by atoms with E-state index in [-0.39, 0.29) is 0 Å². The van der Waals surface area contributed by atoms with Crippen LogP contribution in [0.1, 0.15) is 25.0 Å². The van der Waals surface area contributed by atoms with Crippen molar-refractivity contribution in [2.24, 2.45) is 5.92 Å². The third kappa shape index (κ3) is 2.83. The highest BCUT2D eigenvalue weighted by Crippen LogP contribution is 2.37. The molecule has 0 spiro atoms. The van der Waals surface area contributed by atoms with E-state index in [9.17, 15) is 0 Å². The fourth-order valence-electron chi connectivity index (χ4n) is 3.06. The highest BCUT2D eigenvalue weighted by Gasteiger charge is 2.19. The van der Waals surface area contributed by atoms with Crippen molar-refractivity contribution in [3.05, 3.63) is 17.8 Å². The number of aryl methyl sites for hydroxylation is 1. The first-order valence-corrected chi connectivity index (χ1v) is 7.53. The van der Waals surface area contributed by atoms with Gasteiger partial charge in [0, 0.05) is 5.39 Å². The molecule has 0 radical (unpaired) electrons. The van der Waals surface area contributed by atoms with Gasteiger partial charge in [0.1, 0.15) is 0 Å². The number of methoxy groups -OCH3 is 2. The molecule has 21 heavy (non-hydrogen) atoms. The van der Waals surface area contributed by atoms with E-state index < -0.39 is 0 Å². The van der Waals surface area contributed by atoms with Crippen molar-refractivity contribution in [3.8, 4) is 11.5 Å². The van der Waals surface area contributed by atoms with Crippen LogP contribution in [0.3, 0.4) is 0 Å². The van der Waals surface area contributed by atoms with Crippen LogP contribution in [0.25, 0.3) is 11.0 Å². The van der Waals surface area contributed by atoms with Gasteiger partial charge in [-0.25, -0.2) is 0 Å². The molecule has 1 aromatic carbocycles. The van der Waals surface area contributed by atoms with Gasteiger partial charge >= 0.3 is 0 Å². The molecule has 2 aromatic rings. The maximum Gasteiger partial charge on any atom is 0.212 e. The Labute approximate surface area is 124 Å². The van der Waals surface area contributed by atoms with Gasteiger partial charge in [0.2, 0.25) is 11.3 Å². The molecular formula is C16H22N2O3. The summed E-state index contributed by atoms with van der Waals surface area (Å²) in [5.74, 6) is 2.08. The number of hydrogen-bond acceptors (Lipinski definition) is 5. The number of ether oxygens (including phenoxy) is 2. The molecule has 5 heteroatoms. The number of rotatable bonds is 5. The van der Waals surface area contributed by atoms with Crippen LogP contribution in [-0.4, -0.2) is 32.5 Å². The second-order valence-corrected chi connectivity index (χ2v) is 5.54. The highest BCUT2D eigenvalue weighted by atomic mass is 16.5. The zero-order valence-electron chi connectivity index (χ0n) is 12.6. The lowest BCUT2D eigenvalue weighted by Gasteiger charge is -2.21. The van der Waals surface area contributed by atoms with Crippen molar-refractivity contribution in [3.63, 3.8) is 0 Å². The summed E-state index contributed by atoms with van der Waals surface area (Å²) < 4.78 is 16.2. The van der Waals surface area contributed by atoms with E-state index in [0.717, 1.165) is 42.9 Å². The van der Waals surface area contributed by atoms with Gasteiger partial charge in [-0.15, -0.1) is 0 Å². The van der Waals surface area contributed by atoms with Crippen molar-refractivity contribution in [1.82, 2.24) is 10.5 Å². The van der Waals surface area contributed by atoms with Gasteiger partial charge in [-0.1, -0.05) is 5.16 Å². The molecule has 1 fully saturated rings. The standard InChI is InChI=1S/C16H22N2O3/c1-19-14-6-4-12-13(18-21-15(12)16(14)20-2)5-3-11-7-9-17-10-8-11/h4,6,11,17H,3,5,7-10H2,1-2H3. The third-order valence-corrected chi connectivity index (χ3v) is 4.31. The van der Waals surface area contributed by atoms with Crippen molar-refractivity contribution < 1.29 is 14.0 Å². The van der Waals surface area contributed by atoms with E-state index in [4.69, 9.17) is 14.0 Å². The molecule has 1 N–H and O–H groups in total. The average Bonchev–Trinajstić information content (AvgIpc) is 2.96. The number of fused-ring (bicyclic) bond motifs is 1. The Bertz CT molecular complexity index is 603. The number of piperidine rings is 1. The number of hydrogen-bond donors (Lipinski definition) is 1. The van der Waals surface area contributed by atoms with E-state index >= 15 is 0 Å². The first kappa shape index (κ1) is 14.2. The Morgan fingerprint density at radius 3 is 2.76 bits per heavy atom. The maximum atomic E-state index is 5.49. The van der Waals surface area contributed by atoms with Gasteiger partial charge in [0.25, 0.3) is 0 Å². The van der Waals surface area contributed by atoms with Crippen molar-refractivity contribution in [2.45, 2.75) is 25.7 Å². The molecule has 0 amide bonds. The number of benzene rings is 1. The normalized spacial score (nSPS) is 16.3. The SMILES string of the molecule is COc1ccc2c(CCC3CCNCC3)noc2c1OC. The summed E-state index contributed by atoms with van der Waals surface area (Å²) in [6.07, 6.45) is 4.63. The average molecular weight is 290 g/mol. The van der Waals surface area contributed by atoms with Crippen LogP contribution in [0.15, 0.2) is 16.7 Å². The third-order valence-electron chi connectivity index (χ3n) is 4.31. The summed E-state index contributed by atoms with van der Waals surface area (Å²) in [5.41, 5.74) is 1.70. The second kappa shape index (κ2) is 6.35. The molecule has 5 nitrogen and oxygen atoms in total. The summed E-state index contributed by atoms with van der Waals surface area (Å²) in [7, 11) is 3.24. The van der Waals surface area contributed by atoms with Crippen LogP contribution in [0, 0.1) is 5.92 Å². The lowest BCUT2D eigenvalue weighted by Crippen LogP contribution is -2.27. The van der Waals surface area contributed by atoms with E-state index in [0.29, 0.717) is 17.1 Å². The van der Waals surface area contributed by atoms with Crippen LogP contribution in [0.4, 0.5) is 0 Å². The van der Waals surface area contributed by atoms with E-state index in [1.807, 2.05) is 12.1 Å². The number of nitrogens with zero attached hydrogens (tertiary/aromatic N) is 1. The van der Waals surface area contributed by atoms with Gasteiger partial charge < -0.3 is 19.3 Å². The Kier molecular flexibility index (Phi) is 4.29. The molecule has 0 unspecified atom stereocenters. The summed E-state index contributed by atoms with van der Waals surface area (Å²) in [6, 6.07) is 3.91. The lowest BCUT2D eigenvalue weighted by molar-refractivity contribution is 0.343. The molecule has 1 aliphatic rings. The Morgan fingerprint density at radius 2 is 2.05 bits per heavy atom. The van der Waals surface area contributed by atoms with Crippen LogP contribution in [-0.2, 0) is 6.42 Å². The molecule has 0 aliphatic carbocycles. The minimum Gasteiger partial charge on any atom is -0.493 e. The summed E-state index contributed by atoms with van der Waals surface area (Å²) in [5, 5.41) is 8.67. The predicted molar refractivity (Wildman–Crippen MR) is 81.0 cm³/mol. The number of nitrogens with one attached hydrogen (secondary N) is 1. The fraction of sp³-hybridized carbons (Fsp3) is 0.562. The van der Waals surface area contributed by atoms with E-state index in [2.05, 4.69) is 10.5 Å². The Hall–Kier alpha value is -1.75. The highest BCUT2D eigenvalue weighted by molar-refractivity contribution is 5.87. The minimum atomic E-state index is 0.621. The monoisotopic (exact) mass is 290 g/mol. The van der Waals surface area contributed by atoms with Gasteiger partial charge in [0.05, 0.1) is 19.9 Å². The van der Waals surface area contributed by atoms with Gasteiger partial charge in [-0.2, -0.15) is 0 Å². The Morgan fingerprint density at radius 1 is 1.24 bits per heavy atom. The molecule has 0 atom stereocenters. The summed E-state index contributed by atoms with van der Waals surface area (Å²) >= 11 is 0. The molecule has 0 saturated carbocycles. The van der Waals surface area contributed by atoms with Gasteiger partial charge in [-0.05, 0) is 56.8 Å². The first-order valence-electron chi connectivity index (χ1n) is 7.53. The van der Waals surface area contributed by atoms with Gasteiger partial charge in [0.15, 0.2) is 5.75 Å². The van der Waals surface area contributed by atoms with Crippen LogP contribution >= 0.6 is 0 Å². The van der Waals surface area contributed by atoms with Crippen LogP contribution in [0.2, 0.25) is 0 Å². The molecular weight excluding hydrogens is 268 g/mol. The predicted octanol–water partition coefficient (Wildman–Crippen LogP) is 2.78.